The monoisotopic (exact) mass is 232 g/mol. The van der Waals surface area contributed by atoms with Crippen molar-refractivity contribution in [3.8, 4) is 0 Å². The van der Waals surface area contributed by atoms with Crippen LogP contribution in [0.15, 0.2) is 59.7 Å². The largest absolute Gasteiger partial charge is 0.263 e. The van der Waals surface area contributed by atoms with Crippen LogP contribution < -0.4 is 10.5 Å². The number of nitrogens with one attached hydrogen (secondary N) is 1. The third-order valence-corrected chi connectivity index (χ3v) is 2.54. The summed E-state index contributed by atoms with van der Waals surface area (Å²) in [4.78, 5) is 4.25. The Morgan fingerprint density at radius 1 is 1.12 bits per heavy atom. The topological polar surface area (TPSA) is 31.4 Å². The van der Waals surface area contributed by atoms with Crippen LogP contribution in [0.2, 0.25) is 0 Å². The van der Waals surface area contributed by atoms with E-state index in [1.807, 2.05) is 52.8 Å². The molecule has 3 rings (SSSR count). The highest BCUT2D eigenvalue weighted by Crippen LogP contribution is 2.23. The lowest BCUT2D eigenvalue weighted by Crippen LogP contribution is -2.38. The van der Waals surface area contributed by atoms with E-state index in [0.29, 0.717) is 5.03 Å². The smallest absolute Gasteiger partial charge is 0.148 e. The van der Waals surface area contributed by atoms with Crippen LogP contribution in [-0.2, 0) is 0 Å². The van der Waals surface area contributed by atoms with Crippen molar-refractivity contribution in [1.29, 1.82) is 0 Å². The maximum Gasteiger partial charge on any atom is 0.148 e. The summed E-state index contributed by atoms with van der Waals surface area (Å²) in [7, 11) is 0. The molecule has 0 aliphatic carbocycles. The van der Waals surface area contributed by atoms with E-state index >= 15 is 0 Å². The third-order valence-electron chi connectivity index (χ3n) is 2.32. The number of pyridine rings is 1. The van der Waals surface area contributed by atoms with E-state index in [9.17, 15) is 0 Å². The fraction of sp³-hybridized carbons (Fsp3) is 0. The van der Waals surface area contributed by atoms with Crippen LogP contribution in [0.5, 0.6) is 0 Å². The van der Waals surface area contributed by atoms with Gasteiger partial charge in [-0.2, -0.15) is 0 Å². The van der Waals surface area contributed by atoms with Gasteiger partial charge in [0.05, 0.1) is 16.9 Å². The summed E-state index contributed by atoms with van der Waals surface area (Å²) in [6.45, 7) is 0. The van der Waals surface area contributed by atoms with Gasteiger partial charge < -0.3 is 0 Å². The van der Waals surface area contributed by atoms with E-state index < -0.39 is 0 Å². The molecule has 0 radical (unpaired) electrons. The third kappa shape index (κ3) is 1.58. The lowest BCUT2D eigenvalue weighted by atomic mass is 10.3. The Morgan fingerprint density at radius 2 is 2.06 bits per heavy atom. The number of rotatable bonds is 1. The first-order chi connectivity index (χ1) is 7.83. The van der Waals surface area contributed by atoms with Crippen molar-refractivity contribution < 1.29 is 0 Å². The van der Waals surface area contributed by atoms with Crippen LogP contribution in [0.3, 0.4) is 0 Å². The highest BCUT2D eigenvalue weighted by Gasteiger charge is 2.21. The number of anilines is 1. The molecular weight excluding hydrogens is 224 g/mol. The molecule has 0 amide bonds. The predicted octanol–water partition coefficient (Wildman–Crippen LogP) is 2.11. The van der Waals surface area contributed by atoms with Crippen molar-refractivity contribution in [3.05, 3.63) is 59.7 Å². The molecule has 4 nitrogen and oxygen atoms in total. The summed E-state index contributed by atoms with van der Waals surface area (Å²) < 4.78 is 0. The molecule has 0 aromatic carbocycles. The fourth-order valence-corrected chi connectivity index (χ4v) is 1.73. The second-order valence-corrected chi connectivity index (χ2v) is 3.87. The van der Waals surface area contributed by atoms with Crippen molar-refractivity contribution in [2.24, 2.45) is 0 Å². The van der Waals surface area contributed by atoms with Crippen LogP contribution >= 0.6 is 11.6 Å². The summed E-state index contributed by atoms with van der Waals surface area (Å²) >= 11 is 5.91. The van der Waals surface area contributed by atoms with Gasteiger partial charge in [0, 0.05) is 12.4 Å². The second-order valence-electron chi connectivity index (χ2n) is 3.43. The average Bonchev–Trinajstić information content (AvgIpc) is 2.73. The minimum absolute atomic E-state index is 0.688. The maximum atomic E-state index is 5.91. The van der Waals surface area contributed by atoms with Crippen LogP contribution in [0.4, 0.5) is 5.82 Å². The lowest BCUT2D eigenvalue weighted by molar-refractivity contribution is 0.377. The number of allylic oxidation sites excluding steroid dienone is 3. The van der Waals surface area contributed by atoms with E-state index in [-0.39, 0.29) is 0 Å². The molecule has 16 heavy (non-hydrogen) atoms. The van der Waals surface area contributed by atoms with Gasteiger partial charge in [-0.3, -0.25) is 5.01 Å². The molecule has 1 N–H and O–H groups in total. The molecule has 0 saturated carbocycles. The van der Waals surface area contributed by atoms with Gasteiger partial charge in [0.15, 0.2) is 0 Å². The quantitative estimate of drug-likeness (QED) is 0.804. The molecule has 5 heteroatoms. The van der Waals surface area contributed by atoms with Crippen molar-refractivity contribution in [2.75, 3.05) is 5.01 Å². The lowest BCUT2D eigenvalue weighted by Gasteiger charge is -2.21. The van der Waals surface area contributed by atoms with Gasteiger partial charge in [-0.1, -0.05) is 17.7 Å². The molecule has 80 valence electrons. The van der Waals surface area contributed by atoms with Crippen molar-refractivity contribution in [3.63, 3.8) is 0 Å². The molecule has 0 atom stereocenters. The van der Waals surface area contributed by atoms with Crippen LogP contribution in [0.1, 0.15) is 0 Å². The molecule has 0 unspecified atom stereocenters. The molecule has 0 saturated heterocycles. The second kappa shape index (κ2) is 3.66. The number of halogens is 1. The minimum atomic E-state index is 0.688. The number of hydrogen-bond acceptors (Lipinski definition) is 4. The van der Waals surface area contributed by atoms with Crippen molar-refractivity contribution in [2.45, 2.75) is 0 Å². The number of hydrogen-bond donors (Lipinski definition) is 1. The Morgan fingerprint density at radius 3 is 2.88 bits per heavy atom. The molecule has 1 aromatic heterocycles. The summed E-state index contributed by atoms with van der Waals surface area (Å²) in [6, 6.07) is 5.76. The van der Waals surface area contributed by atoms with E-state index in [4.69, 9.17) is 11.6 Å². The zero-order valence-electron chi connectivity index (χ0n) is 8.34. The van der Waals surface area contributed by atoms with Crippen LogP contribution in [0.25, 0.3) is 0 Å². The number of aromatic nitrogens is 1. The van der Waals surface area contributed by atoms with Crippen LogP contribution in [0, 0.1) is 0 Å². The van der Waals surface area contributed by atoms with Gasteiger partial charge in [-0.05, 0) is 24.3 Å². The summed E-state index contributed by atoms with van der Waals surface area (Å²) in [5.74, 6) is 0.835. The van der Waals surface area contributed by atoms with Gasteiger partial charge in [-0.15, -0.1) is 5.53 Å². The average molecular weight is 233 g/mol. The first-order valence-corrected chi connectivity index (χ1v) is 5.24. The SMILES string of the molecule is ClC1=CN2NN(c3ccccn3)C=C2C=C1. The normalized spacial score (nSPS) is 18.3. The summed E-state index contributed by atoms with van der Waals surface area (Å²) in [5.41, 5.74) is 4.16. The predicted molar refractivity (Wildman–Crippen MR) is 62.8 cm³/mol. The molecule has 0 spiro atoms. The standard InChI is InChI=1S/C11H9ClN4/c12-9-4-5-10-8-16(14-15(10)7-9)11-3-1-2-6-13-11/h1-8,14H. The van der Waals surface area contributed by atoms with E-state index in [1.165, 1.54) is 0 Å². The number of fused-ring (bicyclic) bond motifs is 1. The first kappa shape index (κ1) is 9.45. The number of hydrazine groups is 2. The van der Waals surface area contributed by atoms with Crippen molar-refractivity contribution in [1.82, 2.24) is 15.5 Å². The Kier molecular flexibility index (Phi) is 2.16. The first-order valence-electron chi connectivity index (χ1n) is 4.86. The Labute approximate surface area is 98.1 Å². The van der Waals surface area contributed by atoms with Gasteiger partial charge in [0.2, 0.25) is 0 Å². The van der Waals surface area contributed by atoms with Gasteiger partial charge >= 0.3 is 0 Å². The molecule has 0 bridgehead atoms. The minimum Gasteiger partial charge on any atom is -0.263 e. The van der Waals surface area contributed by atoms with Gasteiger partial charge in [0.25, 0.3) is 0 Å². The Bertz CT molecular complexity index is 492. The molecular formula is C11H9ClN4. The van der Waals surface area contributed by atoms with E-state index in [0.717, 1.165) is 11.5 Å². The van der Waals surface area contributed by atoms with E-state index in [1.54, 1.807) is 6.20 Å². The molecule has 2 aliphatic rings. The van der Waals surface area contributed by atoms with Crippen LogP contribution in [-0.4, -0.2) is 9.99 Å². The molecule has 2 aliphatic heterocycles. The Hall–Kier alpha value is -1.78. The van der Waals surface area contributed by atoms with Gasteiger partial charge in [-0.25, -0.2) is 9.99 Å². The number of nitrogens with zero attached hydrogens (tertiary/aromatic N) is 3. The highest BCUT2D eigenvalue weighted by atomic mass is 35.5. The molecule has 0 fully saturated rings. The Balaban J connectivity index is 1.89. The maximum absolute atomic E-state index is 5.91. The van der Waals surface area contributed by atoms with Gasteiger partial charge in [0.1, 0.15) is 5.82 Å². The van der Waals surface area contributed by atoms with E-state index in [2.05, 4.69) is 10.5 Å². The molecule has 3 heterocycles. The highest BCUT2D eigenvalue weighted by molar-refractivity contribution is 6.31. The zero-order valence-corrected chi connectivity index (χ0v) is 9.09. The van der Waals surface area contributed by atoms with Crippen molar-refractivity contribution >= 4 is 17.4 Å². The zero-order chi connectivity index (χ0) is 11.0. The summed E-state index contributed by atoms with van der Waals surface area (Å²) in [6.07, 6.45) is 9.33. The fourth-order valence-electron chi connectivity index (χ4n) is 1.57. The molecule has 1 aromatic rings. The summed E-state index contributed by atoms with van der Waals surface area (Å²) in [5, 5.41) is 4.37.